The molecule has 0 bridgehead atoms. The molecule has 0 amide bonds. The van der Waals surface area contributed by atoms with Gasteiger partial charge in [-0.3, -0.25) is 0 Å². The van der Waals surface area contributed by atoms with Crippen molar-refractivity contribution >= 4 is 42.6 Å². The molecule has 2 rings (SSSR count). The van der Waals surface area contributed by atoms with E-state index in [-0.39, 0.29) is 5.71 Å². The van der Waals surface area contributed by atoms with Gasteiger partial charge in [-0.2, -0.15) is 5.10 Å². The number of nitrogens with zero attached hydrogens (tertiary/aromatic N) is 2. The van der Waals surface area contributed by atoms with Crippen molar-refractivity contribution in [3.05, 3.63) is 54.1 Å². The van der Waals surface area contributed by atoms with Crippen LogP contribution in [0.15, 0.2) is 58.5 Å². The lowest BCUT2D eigenvalue weighted by Crippen LogP contribution is -2.20. The monoisotopic (exact) mass is 425 g/mol. The second-order valence-corrected chi connectivity index (χ2v) is 7.46. The number of allylic oxidation sites excluding steroid dienone is 1. The number of anilines is 1. The second kappa shape index (κ2) is 9.87. The fourth-order valence-electron chi connectivity index (χ4n) is 2.48. The Kier molecular flexibility index (Phi) is 7.80. The zero-order valence-corrected chi connectivity index (χ0v) is 17.7. The summed E-state index contributed by atoms with van der Waals surface area (Å²) in [5.74, 6) is 0.692. The first-order valence-electron chi connectivity index (χ1n) is 8.28. The number of hydrazone groups is 1. The first kappa shape index (κ1) is 22.1. The molecule has 5 nitrogen and oxygen atoms in total. The minimum Gasteiger partial charge on any atom is -0.496 e. The zero-order chi connectivity index (χ0) is 20.8. The highest BCUT2D eigenvalue weighted by Gasteiger charge is 2.17. The van der Waals surface area contributed by atoms with Crippen LogP contribution in [-0.2, 0) is 11.0 Å². The maximum absolute atomic E-state index is 13.2. The Bertz CT molecular complexity index is 918. The van der Waals surface area contributed by atoms with Crippen LogP contribution in [-0.4, -0.2) is 23.5 Å². The molecule has 2 atom stereocenters. The Hall–Kier alpha value is -2.15. The molecule has 0 fully saturated rings. The third-order valence-corrected chi connectivity index (χ3v) is 5.10. The summed E-state index contributed by atoms with van der Waals surface area (Å²) in [4.78, 5) is 0.428. The lowest BCUT2D eigenvalue weighted by Gasteiger charge is -2.24. The molecule has 0 aliphatic carbocycles. The van der Waals surface area contributed by atoms with Crippen molar-refractivity contribution in [3.63, 3.8) is 0 Å². The number of nitrogens with two attached hydrogens (primary N) is 1. The number of alkyl halides is 2. The molecule has 0 saturated heterocycles. The van der Waals surface area contributed by atoms with E-state index in [1.807, 2.05) is 12.1 Å². The Labute approximate surface area is 168 Å². The molecule has 0 aliphatic heterocycles. The number of hydrogen-bond donors (Lipinski definition) is 1. The van der Waals surface area contributed by atoms with Gasteiger partial charge < -0.3 is 4.74 Å². The van der Waals surface area contributed by atoms with Gasteiger partial charge in [-0.25, -0.2) is 23.1 Å². The molecule has 0 aliphatic rings. The number of rotatable bonds is 7. The van der Waals surface area contributed by atoms with Gasteiger partial charge in [0.2, 0.25) is 0 Å². The first-order valence-corrected chi connectivity index (χ1v) is 10.1. The number of methoxy groups -OCH3 is 1. The van der Waals surface area contributed by atoms with Crippen LogP contribution in [0, 0.1) is 0 Å². The normalized spacial score (nSPS) is 13.6. The van der Waals surface area contributed by atoms with Crippen molar-refractivity contribution in [2.75, 3.05) is 12.1 Å². The van der Waals surface area contributed by atoms with Crippen LogP contribution in [0.1, 0.15) is 19.4 Å². The van der Waals surface area contributed by atoms with Gasteiger partial charge in [0.15, 0.2) is 0 Å². The average molecular weight is 425 g/mol. The van der Waals surface area contributed by atoms with Crippen molar-refractivity contribution in [1.82, 2.24) is 0 Å². The standard InChI is InChI=1S/C19H22F2N3O2PS/c1-4-16(13-5-10-17(26-3)18(27)11-13)24(23-12(2)19(20)21)14-6-8-15(9-7-14)28(22)25/h4-11,19H,22,27H2,1-3H3/b16-4-,23-12+. The summed E-state index contributed by atoms with van der Waals surface area (Å²) < 4.78 is 43.0. The van der Waals surface area contributed by atoms with Gasteiger partial charge in [-0.15, -0.1) is 9.24 Å². The molecule has 0 spiro atoms. The maximum Gasteiger partial charge on any atom is 0.278 e. The van der Waals surface area contributed by atoms with Gasteiger partial charge in [-0.05, 0) is 56.3 Å². The third-order valence-electron chi connectivity index (χ3n) is 3.91. The molecule has 0 heterocycles. The fraction of sp³-hybridized carbons (Fsp3) is 0.211. The van der Waals surface area contributed by atoms with Gasteiger partial charge in [0.25, 0.3) is 6.43 Å². The molecular weight excluding hydrogens is 403 g/mol. The van der Waals surface area contributed by atoms with E-state index in [1.54, 1.807) is 50.4 Å². The van der Waals surface area contributed by atoms with E-state index in [4.69, 9.17) is 9.88 Å². The van der Waals surface area contributed by atoms with Crippen LogP contribution in [0.5, 0.6) is 5.75 Å². The predicted octanol–water partition coefficient (Wildman–Crippen LogP) is 3.69. The van der Waals surface area contributed by atoms with Crippen molar-refractivity contribution in [2.24, 2.45) is 10.2 Å². The predicted molar refractivity (Wildman–Crippen MR) is 115 cm³/mol. The fourth-order valence-corrected chi connectivity index (χ4v) is 3.28. The minimum atomic E-state index is -2.69. The van der Waals surface area contributed by atoms with Crippen LogP contribution < -0.4 is 20.2 Å². The van der Waals surface area contributed by atoms with Crippen LogP contribution in [0.25, 0.3) is 5.70 Å². The maximum atomic E-state index is 13.2. The number of hydrogen-bond acceptors (Lipinski definition) is 4. The molecule has 0 saturated carbocycles. The SMILES string of the molecule is C/C=C(/c1ccc(OC)c(P)c1)N(/N=C(\C)C(F)F)c1ccc(S(N)=O)cc1. The first-order chi connectivity index (χ1) is 13.3. The van der Waals surface area contributed by atoms with Crippen molar-refractivity contribution in [3.8, 4) is 5.75 Å². The number of ether oxygens (including phenoxy) is 1. The van der Waals surface area contributed by atoms with Crippen LogP contribution in [0.4, 0.5) is 14.5 Å². The topological polar surface area (TPSA) is 67.9 Å². The zero-order valence-electron chi connectivity index (χ0n) is 15.7. The quantitative estimate of drug-likeness (QED) is 0.418. The molecule has 28 heavy (non-hydrogen) atoms. The van der Waals surface area contributed by atoms with Gasteiger partial charge in [0.1, 0.15) is 22.4 Å². The lowest BCUT2D eigenvalue weighted by atomic mass is 10.1. The largest absolute Gasteiger partial charge is 0.496 e. The molecular formula is C19H22F2N3O2PS. The summed E-state index contributed by atoms with van der Waals surface area (Å²) in [6.45, 7) is 3.06. The van der Waals surface area contributed by atoms with E-state index >= 15 is 0 Å². The van der Waals surface area contributed by atoms with Gasteiger partial charge >= 0.3 is 0 Å². The van der Waals surface area contributed by atoms with E-state index in [1.165, 1.54) is 11.9 Å². The van der Waals surface area contributed by atoms with Gasteiger partial charge in [0.05, 0.1) is 23.4 Å². The minimum absolute atomic E-state index is 0.328. The van der Waals surface area contributed by atoms with Crippen molar-refractivity contribution < 1.29 is 17.7 Å². The summed E-state index contributed by atoms with van der Waals surface area (Å²) in [7, 11) is 2.53. The average Bonchev–Trinajstić information content (AvgIpc) is 2.67. The summed E-state index contributed by atoms with van der Waals surface area (Å²) in [5.41, 5.74) is 1.58. The third kappa shape index (κ3) is 5.22. The van der Waals surface area contributed by atoms with E-state index < -0.39 is 17.4 Å². The Morgan fingerprint density at radius 2 is 1.93 bits per heavy atom. The molecule has 2 N–H and O–H groups in total. The highest BCUT2D eigenvalue weighted by molar-refractivity contribution is 7.82. The molecule has 150 valence electrons. The lowest BCUT2D eigenvalue weighted by molar-refractivity contribution is 0.224. The van der Waals surface area contributed by atoms with Gasteiger partial charge in [-0.1, -0.05) is 6.08 Å². The molecule has 2 unspecified atom stereocenters. The Morgan fingerprint density at radius 1 is 1.29 bits per heavy atom. The molecule has 2 aromatic rings. The summed E-state index contributed by atoms with van der Waals surface area (Å²) in [5, 5.41) is 11.8. The number of benzene rings is 2. The van der Waals surface area contributed by atoms with E-state index in [0.717, 1.165) is 10.9 Å². The highest BCUT2D eigenvalue weighted by atomic mass is 32.2. The molecule has 0 radical (unpaired) electrons. The molecule has 0 aromatic heterocycles. The summed E-state index contributed by atoms with van der Waals surface area (Å²) >= 11 is 0. The van der Waals surface area contributed by atoms with E-state index in [0.29, 0.717) is 22.0 Å². The van der Waals surface area contributed by atoms with Crippen LogP contribution in [0.3, 0.4) is 0 Å². The summed E-state index contributed by atoms with van der Waals surface area (Å²) in [6.07, 6.45) is -0.909. The van der Waals surface area contributed by atoms with Crippen LogP contribution in [0.2, 0.25) is 0 Å². The molecule has 2 aromatic carbocycles. The summed E-state index contributed by atoms with van der Waals surface area (Å²) in [6, 6.07) is 11.9. The van der Waals surface area contributed by atoms with Gasteiger partial charge in [0, 0.05) is 10.9 Å². The van der Waals surface area contributed by atoms with Crippen molar-refractivity contribution in [1.29, 1.82) is 0 Å². The van der Waals surface area contributed by atoms with E-state index in [9.17, 15) is 13.0 Å². The Morgan fingerprint density at radius 3 is 2.39 bits per heavy atom. The molecule has 9 heteroatoms. The Balaban J connectivity index is 2.57. The van der Waals surface area contributed by atoms with Crippen LogP contribution >= 0.6 is 9.24 Å². The second-order valence-electron chi connectivity index (χ2n) is 5.78. The van der Waals surface area contributed by atoms with Crippen molar-refractivity contribution in [2.45, 2.75) is 25.2 Å². The smallest absolute Gasteiger partial charge is 0.278 e. The highest BCUT2D eigenvalue weighted by Crippen LogP contribution is 2.29. The van der Waals surface area contributed by atoms with E-state index in [2.05, 4.69) is 14.3 Å². The number of halogens is 2.